The van der Waals surface area contributed by atoms with Crippen LogP contribution in [0.1, 0.15) is 10.4 Å². The van der Waals surface area contributed by atoms with Gasteiger partial charge in [-0.3, -0.25) is 4.79 Å². The quantitative estimate of drug-likeness (QED) is 0.593. The molecule has 0 heterocycles. The van der Waals surface area contributed by atoms with Crippen molar-refractivity contribution in [1.29, 1.82) is 0 Å². The second-order valence-electron chi connectivity index (χ2n) is 4.76. The van der Waals surface area contributed by atoms with Crippen LogP contribution in [0.2, 0.25) is 0 Å². The average molecular weight is 309 g/mol. The molecule has 0 fully saturated rings. The summed E-state index contributed by atoms with van der Waals surface area (Å²) in [6.07, 6.45) is 0. The third-order valence-corrected chi connectivity index (χ3v) is 3.50. The highest BCUT2D eigenvalue weighted by atomic mass is 35.5. The maximum atomic E-state index is 11.1. The Labute approximate surface area is 133 Å². The maximum Gasteiger partial charge on any atom is 0.252 e. The monoisotopic (exact) mass is 308 g/mol. The van der Waals surface area contributed by atoms with Gasteiger partial charge in [-0.2, -0.15) is 0 Å². The Balaban J connectivity index is 1.91. The third-order valence-electron chi connectivity index (χ3n) is 3.28. The van der Waals surface area contributed by atoms with Crippen LogP contribution in [0.25, 0.3) is 11.1 Å². The fourth-order valence-corrected chi connectivity index (χ4v) is 2.32. The predicted octanol–water partition coefficient (Wildman–Crippen LogP) is 5.52. The molecule has 0 saturated carbocycles. The minimum Gasteiger partial charge on any atom is -0.457 e. The van der Waals surface area contributed by atoms with Crippen molar-refractivity contribution in [1.82, 2.24) is 0 Å². The van der Waals surface area contributed by atoms with Gasteiger partial charge in [0.25, 0.3) is 5.24 Å². The summed E-state index contributed by atoms with van der Waals surface area (Å²) in [5.41, 5.74) is 2.55. The smallest absolute Gasteiger partial charge is 0.252 e. The van der Waals surface area contributed by atoms with E-state index in [4.69, 9.17) is 16.3 Å². The Hall–Kier alpha value is -2.58. The first kappa shape index (κ1) is 14.4. The number of rotatable bonds is 4. The molecular weight excluding hydrogens is 296 g/mol. The molecule has 0 aliphatic carbocycles. The van der Waals surface area contributed by atoms with Gasteiger partial charge >= 0.3 is 0 Å². The predicted molar refractivity (Wildman–Crippen MR) is 88.6 cm³/mol. The molecule has 0 N–H and O–H groups in total. The van der Waals surface area contributed by atoms with Gasteiger partial charge in [0.05, 0.1) is 0 Å². The molecule has 0 bridgehead atoms. The zero-order valence-corrected chi connectivity index (χ0v) is 12.5. The molecule has 3 aromatic carbocycles. The second kappa shape index (κ2) is 6.46. The molecule has 0 spiro atoms. The number of hydrogen-bond donors (Lipinski definition) is 0. The van der Waals surface area contributed by atoms with Gasteiger partial charge in [0.15, 0.2) is 0 Å². The molecule has 3 rings (SSSR count). The number of ether oxygens (including phenoxy) is 1. The van der Waals surface area contributed by atoms with E-state index in [1.807, 2.05) is 54.6 Å². The first-order valence-electron chi connectivity index (χ1n) is 6.86. The number of para-hydroxylation sites is 1. The zero-order valence-electron chi connectivity index (χ0n) is 11.7. The summed E-state index contributed by atoms with van der Waals surface area (Å²) in [4.78, 5) is 11.1. The van der Waals surface area contributed by atoms with E-state index in [1.165, 1.54) is 0 Å². The Morgan fingerprint density at radius 3 is 2.09 bits per heavy atom. The van der Waals surface area contributed by atoms with Crippen LogP contribution < -0.4 is 4.74 Å². The fraction of sp³-hybridized carbons (Fsp3) is 0. The Bertz CT molecular complexity index is 780. The molecule has 0 saturated heterocycles. The van der Waals surface area contributed by atoms with Crippen molar-refractivity contribution in [2.45, 2.75) is 0 Å². The van der Waals surface area contributed by atoms with E-state index in [2.05, 4.69) is 0 Å². The van der Waals surface area contributed by atoms with Crippen LogP contribution in [0.15, 0.2) is 78.9 Å². The van der Waals surface area contributed by atoms with Gasteiger partial charge in [0, 0.05) is 11.1 Å². The van der Waals surface area contributed by atoms with Gasteiger partial charge in [0.1, 0.15) is 11.5 Å². The summed E-state index contributed by atoms with van der Waals surface area (Å²) in [7, 11) is 0. The normalized spacial score (nSPS) is 10.2. The topological polar surface area (TPSA) is 26.3 Å². The molecule has 22 heavy (non-hydrogen) atoms. The molecule has 0 radical (unpaired) electrons. The molecule has 0 atom stereocenters. The van der Waals surface area contributed by atoms with E-state index >= 15 is 0 Å². The van der Waals surface area contributed by atoms with Gasteiger partial charge in [-0.05, 0) is 47.5 Å². The van der Waals surface area contributed by atoms with E-state index in [1.54, 1.807) is 24.3 Å². The molecule has 0 unspecified atom stereocenters. The molecule has 108 valence electrons. The highest BCUT2D eigenvalue weighted by molar-refractivity contribution is 6.67. The number of halogens is 1. The van der Waals surface area contributed by atoms with Crippen molar-refractivity contribution in [2.24, 2.45) is 0 Å². The number of hydrogen-bond acceptors (Lipinski definition) is 2. The fourth-order valence-electron chi connectivity index (χ4n) is 2.19. The van der Waals surface area contributed by atoms with Crippen molar-refractivity contribution in [3.05, 3.63) is 84.4 Å². The molecule has 2 nitrogen and oxygen atoms in total. The minimum atomic E-state index is -0.476. The summed E-state index contributed by atoms with van der Waals surface area (Å²) in [5.74, 6) is 1.42. The molecule has 0 aliphatic heterocycles. The molecule has 0 aromatic heterocycles. The van der Waals surface area contributed by atoms with Crippen molar-refractivity contribution in [3.63, 3.8) is 0 Å². The summed E-state index contributed by atoms with van der Waals surface area (Å²) in [5, 5.41) is -0.476. The van der Waals surface area contributed by atoms with Crippen LogP contribution in [0, 0.1) is 0 Å². The SMILES string of the molecule is O=C(Cl)c1ccc(Oc2ccccc2-c2ccccc2)cc1. The second-order valence-corrected chi connectivity index (χ2v) is 5.11. The lowest BCUT2D eigenvalue weighted by atomic mass is 10.0. The van der Waals surface area contributed by atoms with Crippen LogP contribution in [0.4, 0.5) is 0 Å². The van der Waals surface area contributed by atoms with Gasteiger partial charge in [-0.1, -0.05) is 48.5 Å². The first-order chi connectivity index (χ1) is 10.7. The lowest BCUT2D eigenvalue weighted by Gasteiger charge is -2.11. The molecule has 0 amide bonds. The molecular formula is C19H13ClO2. The summed E-state index contributed by atoms with van der Waals surface area (Å²) in [6.45, 7) is 0. The van der Waals surface area contributed by atoms with Crippen LogP contribution in [0.5, 0.6) is 11.5 Å². The Morgan fingerprint density at radius 1 is 0.773 bits per heavy atom. The van der Waals surface area contributed by atoms with Gasteiger partial charge in [0.2, 0.25) is 0 Å². The average Bonchev–Trinajstić information content (AvgIpc) is 2.57. The van der Waals surface area contributed by atoms with Gasteiger partial charge in [-0.15, -0.1) is 0 Å². The van der Waals surface area contributed by atoms with Crippen molar-refractivity contribution >= 4 is 16.8 Å². The van der Waals surface area contributed by atoms with E-state index in [0.29, 0.717) is 11.3 Å². The largest absolute Gasteiger partial charge is 0.457 e. The van der Waals surface area contributed by atoms with Gasteiger partial charge in [-0.25, -0.2) is 0 Å². The van der Waals surface area contributed by atoms with E-state index < -0.39 is 5.24 Å². The van der Waals surface area contributed by atoms with Crippen LogP contribution in [-0.2, 0) is 0 Å². The Kier molecular flexibility index (Phi) is 4.22. The zero-order chi connectivity index (χ0) is 15.4. The molecule has 3 aromatic rings. The summed E-state index contributed by atoms with van der Waals surface area (Å²) in [6, 6.07) is 24.7. The maximum absolute atomic E-state index is 11.1. The number of carbonyl (C=O) groups is 1. The van der Waals surface area contributed by atoms with Crippen LogP contribution in [0.3, 0.4) is 0 Å². The van der Waals surface area contributed by atoms with E-state index in [-0.39, 0.29) is 0 Å². The number of carbonyl (C=O) groups excluding carboxylic acids is 1. The minimum absolute atomic E-state index is 0.449. The standard InChI is InChI=1S/C19H13ClO2/c20-19(21)15-10-12-16(13-11-15)22-18-9-5-4-8-17(18)14-6-2-1-3-7-14/h1-13H. The lowest BCUT2D eigenvalue weighted by Crippen LogP contribution is -1.90. The highest BCUT2D eigenvalue weighted by Gasteiger charge is 2.07. The lowest BCUT2D eigenvalue weighted by molar-refractivity contribution is 0.108. The van der Waals surface area contributed by atoms with Crippen LogP contribution >= 0.6 is 11.6 Å². The Morgan fingerprint density at radius 2 is 1.41 bits per heavy atom. The highest BCUT2D eigenvalue weighted by Crippen LogP contribution is 2.33. The number of benzene rings is 3. The third kappa shape index (κ3) is 3.18. The first-order valence-corrected chi connectivity index (χ1v) is 7.24. The van der Waals surface area contributed by atoms with E-state index in [0.717, 1.165) is 16.9 Å². The summed E-state index contributed by atoms with van der Waals surface area (Å²) >= 11 is 5.44. The van der Waals surface area contributed by atoms with E-state index in [9.17, 15) is 4.79 Å². The molecule has 3 heteroatoms. The van der Waals surface area contributed by atoms with Crippen molar-refractivity contribution < 1.29 is 9.53 Å². The molecule has 0 aliphatic rings. The van der Waals surface area contributed by atoms with Crippen LogP contribution in [-0.4, -0.2) is 5.24 Å². The van der Waals surface area contributed by atoms with Crippen molar-refractivity contribution in [3.8, 4) is 22.6 Å². The van der Waals surface area contributed by atoms with Gasteiger partial charge < -0.3 is 4.74 Å². The van der Waals surface area contributed by atoms with Crippen molar-refractivity contribution in [2.75, 3.05) is 0 Å². The summed E-state index contributed by atoms with van der Waals surface area (Å²) < 4.78 is 5.94.